The predicted molar refractivity (Wildman–Crippen MR) is 69.1 cm³/mol. The number of ether oxygens (including phenoxy) is 1. The molecule has 0 heterocycles. The van der Waals surface area contributed by atoms with Crippen LogP contribution >= 0.6 is 0 Å². The Balaban J connectivity index is 2.29. The van der Waals surface area contributed by atoms with E-state index in [1.807, 2.05) is 0 Å². The summed E-state index contributed by atoms with van der Waals surface area (Å²) >= 11 is 0. The molecular weight excluding hydrogens is 232 g/mol. The van der Waals surface area contributed by atoms with E-state index in [0.717, 1.165) is 19.3 Å². The van der Waals surface area contributed by atoms with Gasteiger partial charge in [-0.15, -0.1) is 0 Å². The number of hydrogen-bond donors (Lipinski definition) is 2. The summed E-state index contributed by atoms with van der Waals surface area (Å²) in [5.74, 6) is -0.277. The van der Waals surface area contributed by atoms with Crippen molar-refractivity contribution in [1.29, 1.82) is 0 Å². The molecule has 1 fully saturated rings. The van der Waals surface area contributed by atoms with Crippen LogP contribution in [0.2, 0.25) is 0 Å². The molecule has 104 valence electrons. The molecule has 0 radical (unpaired) electrons. The summed E-state index contributed by atoms with van der Waals surface area (Å²) in [6.45, 7) is 3.72. The van der Waals surface area contributed by atoms with Crippen molar-refractivity contribution in [3.63, 3.8) is 0 Å². The van der Waals surface area contributed by atoms with E-state index < -0.39 is 5.41 Å². The SMILES string of the molecule is CCCCCNC(=O)C1(C(=O)NCCOC)CC1. The fourth-order valence-electron chi connectivity index (χ4n) is 1.86. The number of amides is 2. The second kappa shape index (κ2) is 7.36. The molecule has 2 amide bonds. The van der Waals surface area contributed by atoms with E-state index in [1.54, 1.807) is 7.11 Å². The first-order valence-corrected chi connectivity index (χ1v) is 6.73. The van der Waals surface area contributed by atoms with Gasteiger partial charge in [0.1, 0.15) is 5.41 Å². The zero-order valence-corrected chi connectivity index (χ0v) is 11.4. The Morgan fingerprint density at radius 1 is 1.11 bits per heavy atom. The summed E-state index contributed by atoms with van der Waals surface area (Å²) in [5.41, 5.74) is -0.792. The number of nitrogens with one attached hydrogen (secondary N) is 2. The number of methoxy groups -OCH3 is 1. The monoisotopic (exact) mass is 256 g/mol. The Hall–Kier alpha value is -1.10. The Bertz CT molecular complexity index is 288. The van der Waals surface area contributed by atoms with Crippen molar-refractivity contribution in [2.75, 3.05) is 26.8 Å². The van der Waals surface area contributed by atoms with Crippen LogP contribution in [0.3, 0.4) is 0 Å². The van der Waals surface area contributed by atoms with Crippen LogP contribution in [0, 0.1) is 5.41 Å². The van der Waals surface area contributed by atoms with E-state index in [4.69, 9.17) is 4.74 Å². The molecule has 0 aliphatic heterocycles. The summed E-state index contributed by atoms with van der Waals surface area (Å²) in [4.78, 5) is 23.9. The molecule has 1 rings (SSSR count). The highest BCUT2D eigenvalue weighted by atomic mass is 16.5. The summed E-state index contributed by atoms with van der Waals surface area (Å²) in [6, 6.07) is 0. The van der Waals surface area contributed by atoms with Gasteiger partial charge in [-0.3, -0.25) is 9.59 Å². The van der Waals surface area contributed by atoms with Crippen molar-refractivity contribution >= 4 is 11.8 Å². The normalized spacial score (nSPS) is 16.1. The zero-order chi connectivity index (χ0) is 13.4. The largest absolute Gasteiger partial charge is 0.383 e. The molecule has 5 nitrogen and oxygen atoms in total. The van der Waals surface area contributed by atoms with E-state index in [1.165, 1.54) is 0 Å². The molecule has 0 aromatic heterocycles. The number of carbonyl (C=O) groups excluding carboxylic acids is 2. The molecule has 2 N–H and O–H groups in total. The van der Waals surface area contributed by atoms with Gasteiger partial charge < -0.3 is 15.4 Å². The number of hydrogen-bond acceptors (Lipinski definition) is 3. The standard InChI is InChI=1S/C13H24N2O3/c1-3-4-5-8-14-11(16)13(6-7-13)12(17)15-9-10-18-2/h3-10H2,1-2H3,(H,14,16)(H,15,17). The molecule has 0 saturated heterocycles. The van der Waals surface area contributed by atoms with Gasteiger partial charge >= 0.3 is 0 Å². The molecule has 0 unspecified atom stereocenters. The number of rotatable bonds is 9. The molecule has 0 atom stereocenters. The van der Waals surface area contributed by atoms with Gasteiger partial charge in [0, 0.05) is 20.2 Å². The maximum Gasteiger partial charge on any atom is 0.235 e. The van der Waals surface area contributed by atoms with Crippen molar-refractivity contribution < 1.29 is 14.3 Å². The summed E-state index contributed by atoms with van der Waals surface area (Å²) in [6.07, 6.45) is 4.52. The lowest BCUT2D eigenvalue weighted by Gasteiger charge is -2.15. The zero-order valence-electron chi connectivity index (χ0n) is 11.4. The van der Waals surface area contributed by atoms with E-state index in [-0.39, 0.29) is 11.8 Å². The topological polar surface area (TPSA) is 67.4 Å². The summed E-state index contributed by atoms with van der Waals surface area (Å²) in [5, 5.41) is 5.60. The Morgan fingerprint density at radius 3 is 2.22 bits per heavy atom. The Labute approximate surface area is 109 Å². The molecule has 1 aliphatic carbocycles. The molecule has 5 heteroatoms. The Morgan fingerprint density at radius 2 is 1.72 bits per heavy atom. The predicted octanol–water partition coefficient (Wildman–Crippen LogP) is 0.836. The molecule has 1 aliphatic rings. The summed E-state index contributed by atoms with van der Waals surface area (Å²) < 4.78 is 4.86. The average molecular weight is 256 g/mol. The molecular formula is C13H24N2O3. The second-order valence-corrected chi connectivity index (χ2v) is 4.79. The molecule has 1 saturated carbocycles. The van der Waals surface area contributed by atoms with Gasteiger partial charge in [0.05, 0.1) is 6.61 Å². The minimum Gasteiger partial charge on any atom is -0.383 e. The van der Waals surface area contributed by atoms with Crippen LogP contribution in [0.1, 0.15) is 39.0 Å². The third kappa shape index (κ3) is 3.98. The van der Waals surface area contributed by atoms with Crippen molar-refractivity contribution in [1.82, 2.24) is 10.6 Å². The Kier molecular flexibility index (Phi) is 6.12. The minimum atomic E-state index is -0.792. The average Bonchev–Trinajstić information content (AvgIpc) is 3.16. The summed E-state index contributed by atoms with van der Waals surface area (Å²) in [7, 11) is 1.58. The van der Waals surface area contributed by atoms with Crippen LogP contribution in [0.4, 0.5) is 0 Å². The molecule has 0 bridgehead atoms. The smallest absolute Gasteiger partial charge is 0.235 e. The maximum absolute atomic E-state index is 12.0. The van der Waals surface area contributed by atoms with Gasteiger partial charge in [-0.25, -0.2) is 0 Å². The molecule has 0 aromatic carbocycles. The van der Waals surface area contributed by atoms with E-state index >= 15 is 0 Å². The van der Waals surface area contributed by atoms with Crippen LogP contribution in [0.25, 0.3) is 0 Å². The van der Waals surface area contributed by atoms with Gasteiger partial charge in [-0.05, 0) is 19.3 Å². The number of unbranched alkanes of at least 4 members (excludes halogenated alkanes) is 2. The maximum atomic E-state index is 12.0. The highest BCUT2D eigenvalue weighted by Crippen LogP contribution is 2.46. The molecule has 0 aromatic rings. The fraction of sp³-hybridized carbons (Fsp3) is 0.846. The lowest BCUT2D eigenvalue weighted by Crippen LogP contribution is -2.44. The van der Waals surface area contributed by atoms with Crippen molar-refractivity contribution in [2.24, 2.45) is 5.41 Å². The first-order chi connectivity index (χ1) is 8.67. The fourth-order valence-corrected chi connectivity index (χ4v) is 1.86. The second-order valence-electron chi connectivity index (χ2n) is 4.79. The van der Waals surface area contributed by atoms with Gasteiger partial charge in [0.25, 0.3) is 0 Å². The van der Waals surface area contributed by atoms with Crippen molar-refractivity contribution in [3.05, 3.63) is 0 Å². The van der Waals surface area contributed by atoms with Crippen LogP contribution in [-0.4, -0.2) is 38.6 Å². The lowest BCUT2D eigenvalue weighted by atomic mass is 10.1. The van der Waals surface area contributed by atoms with Crippen molar-refractivity contribution in [2.45, 2.75) is 39.0 Å². The van der Waals surface area contributed by atoms with E-state index in [9.17, 15) is 9.59 Å². The van der Waals surface area contributed by atoms with Crippen molar-refractivity contribution in [3.8, 4) is 0 Å². The highest BCUT2D eigenvalue weighted by Gasteiger charge is 2.56. The first kappa shape index (κ1) is 15.0. The number of carbonyl (C=O) groups is 2. The van der Waals surface area contributed by atoms with Gasteiger partial charge in [-0.1, -0.05) is 19.8 Å². The quantitative estimate of drug-likeness (QED) is 0.474. The van der Waals surface area contributed by atoms with Gasteiger partial charge in [-0.2, -0.15) is 0 Å². The van der Waals surface area contributed by atoms with Gasteiger partial charge in [0.15, 0.2) is 0 Å². The first-order valence-electron chi connectivity index (χ1n) is 6.73. The minimum absolute atomic E-state index is 0.117. The van der Waals surface area contributed by atoms with Crippen LogP contribution in [-0.2, 0) is 14.3 Å². The molecule has 18 heavy (non-hydrogen) atoms. The third-order valence-electron chi connectivity index (χ3n) is 3.28. The molecule has 0 spiro atoms. The lowest BCUT2D eigenvalue weighted by molar-refractivity contribution is -0.137. The van der Waals surface area contributed by atoms with E-state index in [2.05, 4.69) is 17.6 Å². The highest BCUT2D eigenvalue weighted by molar-refractivity contribution is 6.07. The van der Waals surface area contributed by atoms with E-state index in [0.29, 0.717) is 32.5 Å². The van der Waals surface area contributed by atoms with Crippen LogP contribution < -0.4 is 10.6 Å². The third-order valence-corrected chi connectivity index (χ3v) is 3.28. The van der Waals surface area contributed by atoms with Gasteiger partial charge in [0.2, 0.25) is 11.8 Å². The van der Waals surface area contributed by atoms with Crippen LogP contribution in [0.15, 0.2) is 0 Å². The van der Waals surface area contributed by atoms with Crippen LogP contribution in [0.5, 0.6) is 0 Å².